The maximum Gasteiger partial charge on any atom is 0.280 e. The Morgan fingerprint density at radius 2 is 2.39 bits per heavy atom. The smallest absolute Gasteiger partial charge is 0.280 e. The molecule has 18 heavy (non-hydrogen) atoms. The van der Waals surface area contributed by atoms with Crippen molar-refractivity contribution in [2.75, 3.05) is 13.1 Å². The van der Waals surface area contributed by atoms with Gasteiger partial charge in [-0.1, -0.05) is 6.92 Å². The maximum atomic E-state index is 12.2. The average molecular weight is 272 g/mol. The summed E-state index contributed by atoms with van der Waals surface area (Å²) >= 11 is 0. The van der Waals surface area contributed by atoms with E-state index in [-0.39, 0.29) is 6.04 Å². The summed E-state index contributed by atoms with van der Waals surface area (Å²) in [5.41, 5.74) is 0.837. The van der Waals surface area contributed by atoms with Gasteiger partial charge in [0.15, 0.2) is 0 Å². The highest BCUT2D eigenvalue weighted by atomic mass is 32.2. The highest BCUT2D eigenvalue weighted by molar-refractivity contribution is 7.87. The van der Waals surface area contributed by atoms with Gasteiger partial charge in [0.1, 0.15) is 0 Å². The molecule has 2 heterocycles. The molecule has 6 nitrogen and oxygen atoms in total. The predicted molar refractivity (Wildman–Crippen MR) is 69.0 cm³/mol. The molecule has 2 unspecified atom stereocenters. The molecule has 1 aliphatic heterocycles. The van der Waals surface area contributed by atoms with E-state index in [4.69, 9.17) is 0 Å². The van der Waals surface area contributed by atoms with Gasteiger partial charge in [-0.15, -0.1) is 0 Å². The summed E-state index contributed by atoms with van der Waals surface area (Å²) in [5, 5.41) is 6.51. The van der Waals surface area contributed by atoms with Crippen LogP contribution in [0.4, 0.5) is 0 Å². The number of piperidine rings is 1. The van der Waals surface area contributed by atoms with E-state index in [0.717, 1.165) is 18.4 Å². The van der Waals surface area contributed by atoms with Crippen LogP contribution in [0.3, 0.4) is 0 Å². The second-order valence-electron chi connectivity index (χ2n) is 4.98. The van der Waals surface area contributed by atoms with Crippen LogP contribution in [0, 0.1) is 5.92 Å². The molecule has 0 aromatic carbocycles. The highest BCUT2D eigenvalue weighted by Gasteiger charge is 2.28. The van der Waals surface area contributed by atoms with Gasteiger partial charge in [-0.25, -0.2) is 0 Å². The van der Waals surface area contributed by atoms with Gasteiger partial charge in [-0.05, 0) is 25.7 Å². The quantitative estimate of drug-likeness (QED) is 0.859. The van der Waals surface area contributed by atoms with E-state index < -0.39 is 10.2 Å². The molecule has 0 amide bonds. The molecule has 1 aromatic rings. The van der Waals surface area contributed by atoms with Crippen molar-refractivity contribution >= 4 is 10.2 Å². The maximum absolute atomic E-state index is 12.2. The monoisotopic (exact) mass is 272 g/mol. The number of aromatic nitrogens is 2. The molecule has 7 heteroatoms. The molecule has 102 valence electrons. The minimum atomic E-state index is -3.40. The highest BCUT2D eigenvalue weighted by Crippen LogP contribution is 2.19. The fourth-order valence-corrected chi connectivity index (χ4v) is 3.78. The third-order valence-corrected chi connectivity index (χ3v) is 4.97. The van der Waals surface area contributed by atoms with Gasteiger partial charge in [0, 0.05) is 30.9 Å². The average Bonchev–Trinajstić information content (AvgIpc) is 2.82. The molecule has 2 N–H and O–H groups in total. The number of rotatable bonds is 4. The largest absolute Gasteiger partial charge is 0.285 e. The fourth-order valence-electron chi connectivity index (χ4n) is 2.23. The van der Waals surface area contributed by atoms with E-state index in [1.54, 1.807) is 12.4 Å². The van der Waals surface area contributed by atoms with Gasteiger partial charge in [0.25, 0.3) is 10.2 Å². The summed E-state index contributed by atoms with van der Waals surface area (Å²) < 4.78 is 28.7. The number of nitrogens with zero attached hydrogens (tertiary/aromatic N) is 2. The first-order chi connectivity index (χ1) is 8.49. The molecule has 0 aliphatic carbocycles. The zero-order chi connectivity index (χ0) is 13.2. The predicted octanol–water partition coefficient (Wildman–Crippen LogP) is 1.04. The Balaban J connectivity index is 2.02. The molecule has 0 radical (unpaired) electrons. The molecule has 1 fully saturated rings. The van der Waals surface area contributed by atoms with Gasteiger partial charge >= 0.3 is 0 Å². The number of aromatic amines is 1. The van der Waals surface area contributed by atoms with Crippen LogP contribution in [0.15, 0.2) is 12.4 Å². The van der Waals surface area contributed by atoms with Crippen LogP contribution >= 0.6 is 0 Å². The third kappa shape index (κ3) is 3.09. The lowest BCUT2D eigenvalue weighted by molar-refractivity contribution is 0.277. The van der Waals surface area contributed by atoms with E-state index in [0.29, 0.717) is 19.0 Å². The molecule has 0 bridgehead atoms. The van der Waals surface area contributed by atoms with Crippen molar-refractivity contribution in [3.05, 3.63) is 18.0 Å². The Bertz CT molecular complexity index is 471. The van der Waals surface area contributed by atoms with Crippen LogP contribution in [-0.4, -0.2) is 36.0 Å². The van der Waals surface area contributed by atoms with Crippen LogP contribution in [-0.2, 0) is 10.2 Å². The molecular formula is C11H20N4O2S. The van der Waals surface area contributed by atoms with E-state index in [1.165, 1.54) is 4.31 Å². The Morgan fingerprint density at radius 1 is 1.61 bits per heavy atom. The Morgan fingerprint density at radius 3 is 3.00 bits per heavy atom. The Hall–Kier alpha value is -0.920. The summed E-state index contributed by atoms with van der Waals surface area (Å²) in [6, 6.07) is -0.272. The molecule has 1 aliphatic rings. The molecule has 2 rings (SSSR count). The van der Waals surface area contributed by atoms with Gasteiger partial charge in [0.05, 0.1) is 6.20 Å². The normalized spacial score (nSPS) is 24.0. The van der Waals surface area contributed by atoms with Gasteiger partial charge in [-0.2, -0.15) is 22.5 Å². The molecule has 0 saturated carbocycles. The SMILES string of the molecule is CC1CCCN(S(=O)(=O)NC(C)c2cn[nH]c2)C1. The number of hydrogen-bond acceptors (Lipinski definition) is 3. The lowest BCUT2D eigenvalue weighted by Gasteiger charge is -2.30. The van der Waals surface area contributed by atoms with Crippen LogP contribution in [0.25, 0.3) is 0 Å². The van der Waals surface area contributed by atoms with Crippen molar-refractivity contribution in [3.8, 4) is 0 Å². The fraction of sp³-hybridized carbons (Fsp3) is 0.727. The van der Waals surface area contributed by atoms with Crippen molar-refractivity contribution in [2.24, 2.45) is 5.92 Å². The summed E-state index contributed by atoms with van der Waals surface area (Å²) in [6.07, 6.45) is 5.36. The first kappa shape index (κ1) is 13.5. The van der Waals surface area contributed by atoms with Gasteiger partial charge < -0.3 is 0 Å². The summed E-state index contributed by atoms with van der Waals surface area (Å²) in [5.74, 6) is 0.430. The first-order valence-electron chi connectivity index (χ1n) is 6.25. The topological polar surface area (TPSA) is 78.1 Å². The number of hydrogen-bond donors (Lipinski definition) is 2. The molecular weight excluding hydrogens is 252 g/mol. The standard InChI is InChI=1S/C11H20N4O2S/c1-9-4-3-5-15(8-9)18(16,17)14-10(2)11-6-12-13-7-11/h6-7,9-10,14H,3-5,8H2,1-2H3,(H,12,13). The third-order valence-electron chi connectivity index (χ3n) is 3.30. The van der Waals surface area contributed by atoms with Crippen molar-refractivity contribution < 1.29 is 8.42 Å². The van der Waals surface area contributed by atoms with E-state index >= 15 is 0 Å². The second kappa shape index (κ2) is 5.38. The Labute approximate surface area is 108 Å². The minimum Gasteiger partial charge on any atom is -0.285 e. The lowest BCUT2D eigenvalue weighted by Crippen LogP contribution is -2.46. The van der Waals surface area contributed by atoms with Crippen molar-refractivity contribution in [1.82, 2.24) is 19.2 Å². The van der Waals surface area contributed by atoms with Gasteiger partial charge in [-0.3, -0.25) is 5.10 Å². The van der Waals surface area contributed by atoms with Crippen molar-refractivity contribution in [2.45, 2.75) is 32.7 Å². The van der Waals surface area contributed by atoms with Crippen LogP contribution in [0.1, 0.15) is 38.3 Å². The second-order valence-corrected chi connectivity index (χ2v) is 6.68. The zero-order valence-electron chi connectivity index (χ0n) is 10.8. The van der Waals surface area contributed by atoms with E-state index in [1.807, 2.05) is 6.92 Å². The van der Waals surface area contributed by atoms with E-state index in [9.17, 15) is 8.42 Å². The molecule has 2 atom stereocenters. The zero-order valence-corrected chi connectivity index (χ0v) is 11.6. The number of nitrogens with one attached hydrogen (secondary N) is 2. The Kier molecular flexibility index (Phi) is 4.04. The molecule has 0 spiro atoms. The molecule has 1 aromatic heterocycles. The molecule has 1 saturated heterocycles. The summed E-state index contributed by atoms with van der Waals surface area (Å²) in [6.45, 7) is 5.11. The van der Waals surface area contributed by atoms with Crippen molar-refractivity contribution in [1.29, 1.82) is 0 Å². The number of H-pyrrole nitrogens is 1. The lowest BCUT2D eigenvalue weighted by atomic mass is 10.0. The van der Waals surface area contributed by atoms with Crippen LogP contribution in [0.2, 0.25) is 0 Å². The first-order valence-corrected chi connectivity index (χ1v) is 7.69. The van der Waals surface area contributed by atoms with Crippen LogP contribution in [0.5, 0.6) is 0 Å². The summed E-state index contributed by atoms with van der Waals surface area (Å²) in [4.78, 5) is 0. The summed E-state index contributed by atoms with van der Waals surface area (Å²) in [7, 11) is -3.40. The van der Waals surface area contributed by atoms with Gasteiger partial charge in [0.2, 0.25) is 0 Å². The van der Waals surface area contributed by atoms with E-state index in [2.05, 4.69) is 21.8 Å². The minimum absolute atomic E-state index is 0.272. The van der Waals surface area contributed by atoms with Crippen molar-refractivity contribution in [3.63, 3.8) is 0 Å². The van der Waals surface area contributed by atoms with Crippen LogP contribution < -0.4 is 4.72 Å².